The average Bonchev–Trinajstić information content (AvgIpc) is 2.19. The molecule has 0 radical (unpaired) electrons. The van der Waals surface area contributed by atoms with Crippen LogP contribution in [0.15, 0.2) is 24.3 Å². The van der Waals surface area contributed by atoms with Gasteiger partial charge in [0.15, 0.2) is 0 Å². The van der Waals surface area contributed by atoms with Crippen molar-refractivity contribution in [1.82, 2.24) is 4.05 Å². The highest BCUT2D eigenvalue weighted by atomic mass is 35.5. The van der Waals surface area contributed by atoms with Crippen molar-refractivity contribution in [3.8, 4) is 0 Å². The first-order chi connectivity index (χ1) is 7.91. The molecule has 0 aliphatic heterocycles. The molecule has 94 valence electrons. The number of hydrogen-bond donors (Lipinski definition) is 0. The first-order valence-electron chi connectivity index (χ1n) is 4.40. The minimum Gasteiger partial charge on any atom is -0.273 e. The van der Waals surface area contributed by atoms with Crippen molar-refractivity contribution in [1.29, 1.82) is 0 Å². The Kier molecular flexibility index (Phi) is 5.04. The van der Waals surface area contributed by atoms with Crippen LogP contribution in [-0.2, 0) is 4.79 Å². The SMILES string of the molecule is O=C(CC(F)F)N(c1ccc(F)cc1)N(Cl)Cl. The van der Waals surface area contributed by atoms with Gasteiger partial charge in [-0.15, -0.1) is 0 Å². The van der Waals surface area contributed by atoms with Crippen molar-refractivity contribution in [2.24, 2.45) is 0 Å². The number of alkyl halides is 2. The summed E-state index contributed by atoms with van der Waals surface area (Å²) in [6.07, 6.45) is -3.86. The molecule has 1 aromatic rings. The predicted molar refractivity (Wildman–Crippen MR) is 58.1 cm³/mol. The van der Waals surface area contributed by atoms with Gasteiger partial charge in [-0.25, -0.2) is 18.2 Å². The van der Waals surface area contributed by atoms with E-state index in [1.54, 1.807) is 0 Å². The van der Waals surface area contributed by atoms with Crippen molar-refractivity contribution in [2.75, 3.05) is 5.01 Å². The third-order valence-corrected chi connectivity index (χ3v) is 2.09. The van der Waals surface area contributed by atoms with E-state index >= 15 is 0 Å². The summed E-state index contributed by atoms with van der Waals surface area (Å²) >= 11 is 10.7. The number of amides is 1. The van der Waals surface area contributed by atoms with Crippen LogP contribution in [0.3, 0.4) is 0 Å². The normalized spacial score (nSPS) is 11.0. The lowest BCUT2D eigenvalue weighted by Crippen LogP contribution is -2.37. The fraction of sp³-hybridized carbons (Fsp3) is 0.222. The Morgan fingerprint density at radius 2 is 1.76 bits per heavy atom. The molecule has 3 nitrogen and oxygen atoms in total. The summed E-state index contributed by atoms with van der Waals surface area (Å²) in [6.45, 7) is 0. The van der Waals surface area contributed by atoms with Gasteiger partial charge in [0, 0.05) is 23.6 Å². The van der Waals surface area contributed by atoms with Gasteiger partial charge in [-0.1, -0.05) is 0 Å². The van der Waals surface area contributed by atoms with Gasteiger partial charge in [-0.05, 0) is 28.3 Å². The smallest absolute Gasteiger partial charge is 0.249 e. The van der Waals surface area contributed by atoms with Gasteiger partial charge in [-0.2, -0.15) is 0 Å². The molecular weight excluding hydrogens is 280 g/mol. The van der Waals surface area contributed by atoms with Crippen molar-refractivity contribution in [2.45, 2.75) is 12.8 Å². The van der Waals surface area contributed by atoms with Gasteiger partial charge in [0.25, 0.3) is 0 Å². The number of hydrazine groups is 1. The van der Waals surface area contributed by atoms with Crippen LogP contribution in [0, 0.1) is 5.82 Å². The second-order valence-corrected chi connectivity index (χ2v) is 3.81. The van der Waals surface area contributed by atoms with Crippen LogP contribution in [0.1, 0.15) is 6.42 Å². The standard InChI is InChI=1S/C9H7Cl2F3N2O/c10-16(11)15(9(17)5-8(13)14)7-3-1-6(12)2-4-7/h1-4,8H,5H2. The molecular formula is C9H7Cl2F3N2O. The molecule has 1 rings (SSSR count). The minimum absolute atomic E-state index is 0.0852. The van der Waals surface area contributed by atoms with Gasteiger partial charge in [0.05, 0.1) is 12.1 Å². The quantitative estimate of drug-likeness (QED) is 0.626. The fourth-order valence-corrected chi connectivity index (χ4v) is 1.46. The fourth-order valence-electron chi connectivity index (χ4n) is 1.12. The zero-order chi connectivity index (χ0) is 13.0. The average molecular weight is 287 g/mol. The van der Waals surface area contributed by atoms with E-state index in [0.29, 0.717) is 9.06 Å². The van der Waals surface area contributed by atoms with E-state index in [9.17, 15) is 18.0 Å². The van der Waals surface area contributed by atoms with E-state index in [1.165, 1.54) is 12.1 Å². The van der Waals surface area contributed by atoms with Crippen molar-refractivity contribution >= 4 is 35.1 Å². The van der Waals surface area contributed by atoms with Gasteiger partial charge in [-0.3, -0.25) is 4.79 Å². The largest absolute Gasteiger partial charge is 0.273 e. The Hall–Kier alpha value is -0.980. The van der Waals surface area contributed by atoms with E-state index in [0.717, 1.165) is 12.1 Å². The molecule has 0 fully saturated rings. The number of nitrogens with zero attached hydrogens (tertiary/aromatic N) is 2. The molecule has 0 aliphatic carbocycles. The molecule has 0 aliphatic rings. The molecule has 0 atom stereocenters. The van der Waals surface area contributed by atoms with E-state index in [2.05, 4.69) is 0 Å². The van der Waals surface area contributed by atoms with Crippen molar-refractivity contribution in [3.05, 3.63) is 30.1 Å². The third kappa shape index (κ3) is 4.07. The summed E-state index contributed by atoms with van der Waals surface area (Å²) in [7, 11) is 0. The van der Waals surface area contributed by atoms with Gasteiger partial charge in [0.1, 0.15) is 5.82 Å². The summed E-state index contributed by atoms with van der Waals surface area (Å²) in [6, 6.07) is 4.48. The van der Waals surface area contributed by atoms with Crippen LogP contribution in [0.4, 0.5) is 18.9 Å². The van der Waals surface area contributed by atoms with E-state index in [1.807, 2.05) is 0 Å². The van der Waals surface area contributed by atoms with Crippen molar-refractivity contribution in [3.63, 3.8) is 0 Å². The molecule has 0 N–H and O–H groups in total. The highest BCUT2D eigenvalue weighted by Crippen LogP contribution is 2.22. The number of anilines is 1. The Morgan fingerprint density at radius 3 is 2.18 bits per heavy atom. The number of hydrogen-bond acceptors (Lipinski definition) is 2. The molecule has 17 heavy (non-hydrogen) atoms. The maximum Gasteiger partial charge on any atom is 0.249 e. The Balaban J connectivity index is 2.93. The van der Waals surface area contributed by atoms with Gasteiger partial charge >= 0.3 is 0 Å². The Labute approximate surface area is 106 Å². The maximum absolute atomic E-state index is 12.7. The summed E-state index contributed by atoms with van der Waals surface area (Å²) in [5.41, 5.74) is 0.0852. The molecule has 0 aromatic heterocycles. The van der Waals surface area contributed by atoms with Crippen LogP contribution in [0.5, 0.6) is 0 Å². The number of rotatable bonds is 4. The van der Waals surface area contributed by atoms with Crippen LogP contribution in [0.2, 0.25) is 0 Å². The molecule has 0 saturated carbocycles. The topological polar surface area (TPSA) is 23.6 Å². The summed E-state index contributed by atoms with van der Waals surface area (Å²) in [4.78, 5) is 11.4. The Bertz CT molecular complexity index is 386. The zero-order valence-corrected chi connectivity index (χ0v) is 9.80. The summed E-state index contributed by atoms with van der Waals surface area (Å²) in [5, 5.41) is 0.606. The highest BCUT2D eigenvalue weighted by Gasteiger charge is 2.24. The molecule has 1 amide bonds. The molecule has 0 heterocycles. The van der Waals surface area contributed by atoms with Gasteiger partial charge in [0.2, 0.25) is 12.3 Å². The minimum atomic E-state index is -2.82. The maximum atomic E-state index is 12.7. The molecule has 8 heteroatoms. The number of carbonyl (C=O) groups is 1. The first-order valence-corrected chi connectivity index (χ1v) is 5.07. The third-order valence-electron chi connectivity index (χ3n) is 1.79. The molecule has 0 saturated heterocycles. The lowest BCUT2D eigenvalue weighted by molar-refractivity contribution is -0.122. The molecule has 0 unspecified atom stereocenters. The summed E-state index contributed by atoms with van der Waals surface area (Å²) < 4.78 is 37.1. The number of halogens is 5. The summed E-state index contributed by atoms with van der Waals surface area (Å²) in [5.74, 6) is -1.54. The number of carbonyl (C=O) groups excluding carboxylic acids is 1. The number of benzene rings is 1. The molecule has 0 spiro atoms. The van der Waals surface area contributed by atoms with Crippen LogP contribution < -0.4 is 5.01 Å². The predicted octanol–water partition coefficient (Wildman–Crippen LogP) is 3.34. The zero-order valence-electron chi connectivity index (χ0n) is 8.29. The van der Waals surface area contributed by atoms with E-state index < -0.39 is 24.6 Å². The highest BCUT2D eigenvalue weighted by molar-refractivity contribution is 6.36. The van der Waals surface area contributed by atoms with E-state index in [-0.39, 0.29) is 5.69 Å². The molecule has 1 aromatic carbocycles. The van der Waals surface area contributed by atoms with Crippen LogP contribution in [-0.4, -0.2) is 16.4 Å². The lowest BCUT2D eigenvalue weighted by atomic mass is 10.3. The van der Waals surface area contributed by atoms with Crippen LogP contribution in [0.25, 0.3) is 0 Å². The van der Waals surface area contributed by atoms with Crippen LogP contribution >= 0.6 is 23.6 Å². The monoisotopic (exact) mass is 286 g/mol. The van der Waals surface area contributed by atoms with Gasteiger partial charge < -0.3 is 0 Å². The Morgan fingerprint density at radius 1 is 1.24 bits per heavy atom. The van der Waals surface area contributed by atoms with E-state index in [4.69, 9.17) is 23.6 Å². The first kappa shape index (κ1) is 14.1. The van der Waals surface area contributed by atoms with Crippen molar-refractivity contribution < 1.29 is 18.0 Å². The second kappa shape index (κ2) is 6.09. The lowest BCUT2D eigenvalue weighted by Gasteiger charge is -2.23. The second-order valence-electron chi connectivity index (χ2n) is 2.99. The molecule has 0 bridgehead atoms.